The number of benzene rings is 3. The van der Waals surface area contributed by atoms with Gasteiger partial charge in [-0.15, -0.1) is 0 Å². The van der Waals surface area contributed by atoms with Crippen LogP contribution in [0.1, 0.15) is 11.1 Å². The van der Waals surface area contributed by atoms with Gasteiger partial charge in [-0.2, -0.15) is 0 Å². The maximum absolute atomic E-state index is 13.0. The van der Waals surface area contributed by atoms with Gasteiger partial charge in [0, 0.05) is 34.5 Å². The van der Waals surface area contributed by atoms with Gasteiger partial charge in [-0.3, -0.25) is 9.59 Å². The van der Waals surface area contributed by atoms with Crippen molar-refractivity contribution in [2.24, 2.45) is 0 Å². The van der Waals surface area contributed by atoms with Crippen LogP contribution in [0.4, 0.5) is 0 Å². The van der Waals surface area contributed by atoms with Gasteiger partial charge < -0.3 is 0 Å². The Morgan fingerprint density at radius 2 is 1.30 bits per heavy atom. The molecular weight excluding hydrogens is 396 g/mol. The molecule has 0 aliphatic heterocycles. The Morgan fingerprint density at radius 1 is 0.667 bits per heavy atom. The van der Waals surface area contributed by atoms with E-state index in [2.05, 4.69) is 0 Å². The van der Waals surface area contributed by atoms with Crippen LogP contribution in [0.5, 0.6) is 0 Å². The quantitative estimate of drug-likeness (QED) is 0.398. The normalized spacial score (nSPS) is 11.2. The van der Waals surface area contributed by atoms with Crippen molar-refractivity contribution in [1.82, 2.24) is 9.03 Å². The maximum Gasteiger partial charge on any atom is 0.270 e. The third-order valence-electron chi connectivity index (χ3n) is 5.28. The summed E-state index contributed by atoms with van der Waals surface area (Å²) < 4.78 is 2.95. The molecule has 2 aromatic heterocycles. The predicted octanol–water partition coefficient (Wildman–Crippen LogP) is 4.82. The molecule has 30 heavy (non-hydrogen) atoms. The second-order valence-corrected chi connectivity index (χ2v) is 7.58. The Morgan fingerprint density at radius 3 is 2.03 bits per heavy atom. The van der Waals surface area contributed by atoms with E-state index in [1.165, 1.54) is 21.2 Å². The lowest BCUT2D eigenvalue weighted by molar-refractivity contribution is 0.757. The lowest BCUT2D eigenvalue weighted by Gasteiger charge is -2.19. The fraction of sp³-hybridized carbons (Fsp3) is 0.0400. The fourth-order valence-corrected chi connectivity index (χ4v) is 4.09. The monoisotopic (exact) mass is 412 g/mol. The van der Waals surface area contributed by atoms with Gasteiger partial charge in [0.1, 0.15) is 0 Å². The van der Waals surface area contributed by atoms with Crippen molar-refractivity contribution in [2.45, 2.75) is 6.42 Å². The van der Waals surface area contributed by atoms with Crippen molar-refractivity contribution >= 4 is 22.5 Å². The summed E-state index contributed by atoms with van der Waals surface area (Å²) in [6, 6.07) is 27.7. The highest BCUT2D eigenvalue weighted by Crippen LogP contribution is 2.31. The number of aromatic nitrogens is 2. The molecule has 0 saturated heterocycles. The van der Waals surface area contributed by atoms with E-state index in [9.17, 15) is 9.59 Å². The Hall–Kier alpha value is -3.63. The lowest BCUT2D eigenvalue weighted by atomic mass is 9.95. The Bertz CT molecular complexity index is 1500. The SMILES string of the molecule is O=c1ccc(=O)n2c3ccccc3c(Cc3ccc(Cl)cc3)c(-c3ccccc3)n12. The average molecular weight is 413 g/mol. The summed E-state index contributed by atoms with van der Waals surface area (Å²) in [7, 11) is 0. The maximum atomic E-state index is 13.0. The standard InChI is InChI=1S/C25H17ClN2O2/c26-19-12-10-17(11-13-19)16-21-20-8-4-5-9-22(20)27-23(29)14-15-24(30)28(27)25(21)18-6-2-1-3-7-18/h1-15H,16H2. The topological polar surface area (TPSA) is 43.0 Å². The molecule has 0 N–H and O–H groups in total. The van der Waals surface area contributed by atoms with Crippen LogP contribution in [-0.4, -0.2) is 9.03 Å². The van der Waals surface area contributed by atoms with Crippen molar-refractivity contribution in [3.8, 4) is 11.3 Å². The van der Waals surface area contributed by atoms with E-state index in [0.29, 0.717) is 22.7 Å². The molecule has 146 valence electrons. The Labute approximate surface area is 177 Å². The van der Waals surface area contributed by atoms with Crippen LogP contribution >= 0.6 is 11.6 Å². The van der Waals surface area contributed by atoms with Crippen molar-refractivity contribution in [1.29, 1.82) is 0 Å². The molecule has 0 atom stereocenters. The highest BCUT2D eigenvalue weighted by Gasteiger charge is 2.18. The minimum absolute atomic E-state index is 0.249. The van der Waals surface area contributed by atoms with Crippen LogP contribution in [0.2, 0.25) is 5.02 Å². The molecule has 0 radical (unpaired) electrons. The molecule has 5 heteroatoms. The fourth-order valence-electron chi connectivity index (χ4n) is 3.96. The van der Waals surface area contributed by atoms with E-state index >= 15 is 0 Å². The average Bonchev–Trinajstić information content (AvgIpc) is 2.78. The summed E-state index contributed by atoms with van der Waals surface area (Å²) in [4.78, 5) is 25.8. The smallest absolute Gasteiger partial charge is 0.267 e. The molecular formula is C25H17ClN2O2. The molecule has 0 saturated carbocycles. The molecule has 0 bridgehead atoms. The minimum Gasteiger partial charge on any atom is -0.267 e. The van der Waals surface area contributed by atoms with E-state index in [1.807, 2.05) is 78.9 Å². The summed E-state index contributed by atoms with van der Waals surface area (Å²) in [5.74, 6) is 0. The number of hydrogen-bond donors (Lipinski definition) is 0. The molecule has 0 spiro atoms. The van der Waals surface area contributed by atoms with Crippen LogP contribution in [0.15, 0.2) is 101 Å². The van der Waals surface area contributed by atoms with E-state index in [1.54, 1.807) is 0 Å². The number of rotatable bonds is 3. The van der Waals surface area contributed by atoms with Gasteiger partial charge >= 0.3 is 0 Å². The third kappa shape index (κ3) is 3.02. The summed E-state index contributed by atoms with van der Waals surface area (Å²) in [5.41, 5.74) is 3.83. The molecule has 2 heterocycles. The molecule has 3 aromatic carbocycles. The Balaban J connectivity index is 1.98. The van der Waals surface area contributed by atoms with Gasteiger partial charge in [0.15, 0.2) is 0 Å². The highest BCUT2D eigenvalue weighted by atomic mass is 35.5. The van der Waals surface area contributed by atoms with Crippen LogP contribution in [-0.2, 0) is 6.42 Å². The molecule has 0 aliphatic rings. The first-order valence-corrected chi connectivity index (χ1v) is 10.00. The van der Waals surface area contributed by atoms with E-state index in [0.717, 1.165) is 22.1 Å². The van der Waals surface area contributed by atoms with Gasteiger partial charge in [0.2, 0.25) is 0 Å². The van der Waals surface area contributed by atoms with Crippen molar-refractivity contribution in [2.75, 3.05) is 0 Å². The minimum atomic E-state index is -0.253. The van der Waals surface area contributed by atoms with E-state index in [-0.39, 0.29) is 11.1 Å². The molecule has 0 unspecified atom stereocenters. The van der Waals surface area contributed by atoms with Gasteiger partial charge in [-0.1, -0.05) is 72.3 Å². The number of fused-ring (bicyclic) bond motifs is 3. The lowest BCUT2D eigenvalue weighted by Crippen LogP contribution is -2.31. The zero-order valence-electron chi connectivity index (χ0n) is 16.0. The van der Waals surface area contributed by atoms with Crippen LogP contribution < -0.4 is 11.1 Å². The molecule has 0 aliphatic carbocycles. The summed E-state index contributed by atoms with van der Waals surface area (Å²) in [6.45, 7) is 0. The molecule has 0 amide bonds. The second-order valence-electron chi connectivity index (χ2n) is 7.15. The Kier molecular flexibility index (Phi) is 4.49. The van der Waals surface area contributed by atoms with E-state index in [4.69, 9.17) is 11.6 Å². The largest absolute Gasteiger partial charge is 0.270 e. The molecule has 0 fully saturated rings. The van der Waals surface area contributed by atoms with Crippen molar-refractivity contribution in [3.05, 3.63) is 128 Å². The first kappa shape index (κ1) is 18.4. The molecule has 4 nitrogen and oxygen atoms in total. The number of para-hydroxylation sites is 1. The zero-order chi connectivity index (χ0) is 20.7. The summed E-state index contributed by atoms with van der Waals surface area (Å²) in [6.07, 6.45) is 0.591. The van der Waals surface area contributed by atoms with Gasteiger partial charge in [0.25, 0.3) is 11.1 Å². The molecule has 5 aromatic rings. The van der Waals surface area contributed by atoms with Crippen molar-refractivity contribution in [3.63, 3.8) is 0 Å². The number of nitrogens with zero attached hydrogens (tertiary/aromatic N) is 2. The van der Waals surface area contributed by atoms with Crippen LogP contribution in [0.25, 0.3) is 22.2 Å². The molecule has 5 rings (SSSR count). The van der Waals surface area contributed by atoms with Crippen molar-refractivity contribution < 1.29 is 0 Å². The highest BCUT2D eigenvalue weighted by molar-refractivity contribution is 6.30. The zero-order valence-corrected chi connectivity index (χ0v) is 16.7. The predicted molar refractivity (Wildman–Crippen MR) is 121 cm³/mol. The second kappa shape index (κ2) is 7.32. The van der Waals surface area contributed by atoms with Crippen LogP contribution in [0, 0.1) is 0 Å². The summed E-state index contributed by atoms with van der Waals surface area (Å²) in [5, 5.41) is 1.60. The van der Waals surface area contributed by atoms with Crippen LogP contribution in [0.3, 0.4) is 0 Å². The number of halogens is 1. The van der Waals surface area contributed by atoms with Gasteiger partial charge in [0.05, 0.1) is 11.2 Å². The third-order valence-corrected chi connectivity index (χ3v) is 5.53. The van der Waals surface area contributed by atoms with Gasteiger partial charge in [-0.05, 0) is 29.3 Å². The summed E-state index contributed by atoms with van der Waals surface area (Å²) >= 11 is 6.07. The first-order chi connectivity index (χ1) is 14.6. The first-order valence-electron chi connectivity index (χ1n) is 9.62. The van der Waals surface area contributed by atoms with Gasteiger partial charge in [-0.25, -0.2) is 9.03 Å². The number of hydrogen-bond acceptors (Lipinski definition) is 2. The van der Waals surface area contributed by atoms with E-state index < -0.39 is 0 Å².